The average Bonchev–Trinajstić information content (AvgIpc) is 2.69. The van der Waals surface area contributed by atoms with Gasteiger partial charge in [-0.05, 0) is 29.3 Å². The molecular formula is C21H19FN2O3. The number of pyridine rings is 1. The van der Waals surface area contributed by atoms with Crippen LogP contribution in [0.1, 0.15) is 16.1 Å². The predicted octanol–water partition coefficient (Wildman–Crippen LogP) is 3.58. The number of carbonyl (C=O) groups excluding carboxylic acids is 1. The molecule has 0 bridgehead atoms. The van der Waals surface area contributed by atoms with Crippen LogP contribution >= 0.6 is 0 Å². The van der Waals surface area contributed by atoms with E-state index in [9.17, 15) is 9.18 Å². The molecule has 0 aliphatic carbocycles. The molecule has 27 heavy (non-hydrogen) atoms. The molecule has 138 valence electrons. The maximum absolute atomic E-state index is 13.2. The first kappa shape index (κ1) is 18.5. The molecule has 2 N–H and O–H groups in total. The third-order valence-corrected chi connectivity index (χ3v) is 3.87. The van der Waals surface area contributed by atoms with E-state index >= 15 is 0 Å². The Morgan fingerprint density at radius 2 is 1.78 bits per heavy atom. The molecule has 2 aromatic carbocycles. The van der Waals surface area contributed by atoms with Crippen molar-refractivity contribution in [3.63, 3.8) is 0 Å². The SMILES string of the molecule is NC(=O)c1cc(-c2ccc(F)cc2)c(OCCOCc2ccccc2)cn1. The van der Waals surface area contributed by atoms with E-state index in [1.807, 2.05) is 30.3 Å². The number of hydrogen-bond acceptors (Lipinski definition) is 4. The Morgan fingerprint density at radius 1 is 1.04 bits per heavy atom. The summed E-state index contributed by atoms with van der Waals surface area (Å²) in [5.41, 5.74) is 7.81. The zero-order valence-corrected chi connectivity index (χ0v) is 14.6. The molecule has 0 aliphatic rings. The molecule has 5 nitrogen and oxygen atoms in total. The second kappa shape index (κ2) is 8.91. The molecular weight excluding hydrogens is 347 g/mol. The number of ether oxygens (including phenoxy) is 2. The van der Waals surface area contributed by atoms with Gasteiger partial charge in [-0.2, -0.15) is 0 Å². The van der Waals surface area contributed by atoms with Gasteiger partial charge in [-0.3, -0.25) is 4.79 Å². The summed E-state index contributed by atoms with van der Waals surface area (Å²) in [5, 5.41) is 0. The number of hydrogen-bond donors (Lipinski definition) is 1. The number of carbonyl (C=O) groups is 1. The van der Waals surface area contributed by atoms with Crippen LogP contribution in [0.4, 0.5) is 4.39 Å². The summed E-state index contributed by atoms with van der Waals surface area (Å²) in [6.45, 7) is 1.18. The van der Waals surface area contributed by atoms with Gasteiger partial charge in [-0.1, -0.05) is 42.5 Å². The largest absolute Gasteiger partial charge is 0.489 e. The molecule has 1 heterocycles. The van der Waals surface area contributed by atoms with E-state index in [2.05, 4.69) is 4.98 Å². The van der Waals surface area contributed by atoms with Gasteiger partial charge < -0.3 is 15.2 Å². The van der Waals surface area contributed by atoms with Crippen molar-refractivity contribution in [2.24, 2.45) is 5.73 Å². The molecule has 0 spiro atoms. The number of rotatable bonds is 8. The lowest BCUT2D eigenvalue weighted by Crippen LogP contribution is -2.14. The summed E-state index contributed by atoms with van der Waals surface area (Å²) in [7, 11) is 0. The highest BCUT2D eigenvalue weighted by atomic mass is 19.1. The molecule has 3 rings (SSSR count). The van der Waals surface area contributed by atoms with Crippen LogP contribution in [-0.2, 0) is 11.3 Å². The molecule has 1 amide bonds. The summed E-state index contributed by atoms with van der Waals surface area (Å²) in [6, 6.07) is 17.3. The summed E-state index contributed by atoms with van der Waals surface area (Å²) < 4.78 is 24.6. The monoisotopic (exact) mass is 366 g/mol. The van der Waals surface area contributed by atoms with Gasteiger partial charge in [-0.25, -0.2) is 9.37 Å². The molecule has 0 fully saturated rings. The first-order valence-corrected chi connectivity index (χ1v) is 8.44. The van der Waals surface area contributed by atoms with Crippen LogP contribution in [0.2, 0.25) is 0 Å². The molecule has 0 aliphatic heterocycles. The van der Waals surface area contributed by atoms with Crippen LogP contribution in [0.15, 0.2) is 66.9 Å². The maximum atomic E-state index is 13.2. The maximum Gasteiger partial charge on any atom is 0.267 e. The smallest absolute Gasteiger partial charge is 0.267 e. The van der Waals surface area contributed by atoms with E-state index < -0.39 is 5.91 Å². The van der Waals surface area contributed by atoms with Crippen LogP contribution in [0.25, 0.3) is 11.1 Å². The summed E-state index contributed by atoms with van der Waals surface area (Å²) in [4.78, 5) is 15.4. The second-order valence-corrected chi connectivity index (χ2v) is 5.82. The fourth-order valence-electron chi connectivity index (χ4n) is 2.52. The lowest BCUT2D eigenvalue weighted by Gasteiger charge is -2.12. The molecule has 0 atom stereocenters. The number of nitrogens with two attached hydrogens (primary N) is 1. The number of halogens is 1. The van der Waals surface area contributed by atoms with Crippen LogP contribution in [-0.4, -0.2) is 24.1 Å². The van der Waals surface area contributed by atoms with Gasteiger partial charge in [0.05, 0.1) is 19.4 Å². The first-order valence-electron chi connectivity index (χ1n) is 8.44. The summed E-state index contributed by atoms with van der Waals surface area (Å²) >= 11 is 0. The average molecular weight is 366 g/mol. The van der Waals surface area contributed by atoms with Crippen molar-refractivity contribution in [2.75, 3.05) is 13.2 Å². The first-order chi connectivity index (χ1) is 13.1. The highest BCUT2D eigenvalue weighted by molar-refractivity contribution is 5.92. The molecule has 0 saturated carbocycles. The standard InChI is InChI=1S/C21H19FN2O3/c22-17-8-6-16(7-9-17)18-12-19(21(23)25)24-13-20(18)27-11-10-26-14-15-4-2-1-3-5-15/h1-9,12-13H,10-11,14H2,(H2,23,25). The predicted molar refractivity (Wildman–Crippen MR) is 99.7 cm³/mol. The Kier molecular flexibility index (Phi) is 6.12. The molecule has 0 unspecified atom stereocenters. The van der Waals surface area contributed by atoms with E-state index in [0.717, 1.165) is 5.56 Å². The Bertz CT molecular complexity index is 899. The van der Waals surface area contributed by atoms with Gasteiger partial charge in [-0.15, -0.1) is 0 Å². The van der Waals surface area contributed by atoms with E-state index in [1.165, 1.54) is 24.4 Å². The number of benzene rings is 2. The third-order valence-electron chi connectivity index (χ3n) is 3.87. The van der Waals surface area contributed by atoms with Crippen LogP contribution < -0.4 is 10.5 Å². The van der Waals surface area contributed by atoms with E-state index in [1.54, 1.807) is 12.1 Å². The Morgan fingerprint density at radius 3 is 2.48 bits per heavy atom. The lowest BCUT2D eigenvalue weighted by atomic mass is 10.0. The summed E-state index contributed by atoms with van der Waals surface area (Å²) in [5.74, 6) is -0.522. The minimum atomic E-state index is -0.642. The zero-order chi connectivity index (χ0) is 19.1. The van der Waals surface area contributed by atoms with Crippen LogP contribution in [0.5, 0.6) is 5.75 Å². The molecule has 6 heteroatoms. The molecule has 1 aromatic heterocycles. The van der Waals surface area contributed by atoms with Crippen molar-refractivity contribution in [3.05, 3.63) is 83.9 Å². The van der Waals surface area contributed by atoms with Crippen molar-refractivity contribution in [3.8, 4) is 16.9 Å². The van der Waals surface area contributed by atoms with Crippen LogP contribution in [0.3, 0.4) is 0 Å². The highest BCUT2D eigenvalue weighted by Crippen LogP contribution is 2.30. The Balaban J connectivity index is 1.67. The van der Waals surface area contributed by atoms with Gasteiger partial charge in [0.1, 0.15) is 23.9 Å². The number of nitrogens with zero attached hydrogens (tertiary/aromatic N) is 1. The van der Waals surface area contributed by atoms with Gasteiger partial charge in [0, 0.05) is 5.56 Å². The molecule has 3 aromatic rings. The Labute approximate surface area is 156 Å². The number of primary amides is 1. The van der Waals surface area contributed by atoms with E-state index in [4.69, 9.17) is 15.2 Å². The summed E-state index contributed by atoms with van der Waals surface area (Å²) in [6.07, 6.45) is 1.44. The second-order valence-electron chi connectivity index (χ2n) is 5.82. The molecule has 0 radical (unpaired) electrons. The van der Waals surface area contributed by atoms with Crippen molar-refractivity contribution in [1.29, 1.82) is 0 Å². The van der Waals surface area contributed by atoms with Gasteiger partial charge in [0.2, 0.25) is 0 Å². The topological polar surface area (TPSA) is 74.4 Å². The zero-order valence-electron chi connectivity index (χ0n) is 14.6. The van der Waals surface area contributed by atoms with Crippen molar-refractivity contribution in [1.82, 2.24) is 4.98 Å². The fourth-order valence-corrected chi connectivity index (χ4v) is 2.52. The fraction of sp³-hybridized carbons (Fsp3) is 0.143. The molecule has 0 saturated heterocycles. The third kappa shape index (κ3) is 5.12. The highest BCUT2D eigenvalue weighted by Gasteiger charge is 2.12. The number of amides is 1. The quantitative estimate of drug-likeness (QED) is 0.619. The van der Waals surface area contributed by atoms with Crippen molar-refractivity contribution >= 4 is 5.91 Å². The minimum Gasteiger partial charge on any atom is -0.489 e. The lowest BCUT2D eigenvalue weighted by molar-refractivity contribution is 0.0889. The van der Waals surface area contributed by atoms with Gasteiger partial charge >= 0.3 is 0 Å². The van der Waals surface area contributed by atoms with Crippen molar-refractivity contribution in [2.45, 2.75) is 6.61 Å². The normalized spacial score (nSPS) is 10.6. The van der Waals surface area contributed by atoms with Gasteiger partial charge in [0.15, 0.2) is 0 Å². The van der Waals surface area contributed by atoms with Crippen LogP contribution in [0, 0.1) is 5.82 Å². The minimum absolute atomic E-state index is 0.113. The van der Waals surface area contributed by atoms with E-state index in [-0.39, 0.29) is 11.5 Å². The van der Waals surface area contributed by atoms with Crippen molar-refractivity contribution < 1.29 is 18.7 Å². The number of aromatic nitrogens is 1. The van der Waals surface area contributed by atoms with E-state index in [0.29, 0.717) is 36.7 Å². The Hall–Kier alpha value is -3.25. The van der Waals surface area contributed by atoms with Gasteiger partial charge in [0.25, 0.3) is 5.91 Å².